The molecule has 0 radical (unpaired) electrons. The van der Waals surface area contributed by atoms with Gasteiger partial charge in [0.15, 0.2) is 5.75 Å². The van der Waals surface area contributed by atoms with Crippen molar-refractivity contribution < 1.29 is 9.84 Å². The summed E-state index contributed by atoms with van der Waals surface area (Å²) in [5, 5.41) is 11.5. The van der Waals surface area contributed by atoms with E-state index in [0.717, 1.165) is 24.0 Å². The molecule has 25 heavy (non-hydrogen) atoms. The molecule has 0 saturated carbocycles. The first-order chi connectivity index (χ1) is 12.1. The van der Waals surface area contributed by atoms with Gasteiger partial charge in [-0.25, -0.2) is 0 Å². The second-order valence-corrected chi connectivity index (χ2v) is 6.16. The Kier molecular flexibility index (Phi) is 5.14. The summed E-state index contributed by atoms with van der Waals surface area (Å²) < 4.78 is 5.45. The zero-order valence-corrected chi connectivity index (χ0v) is 14.7. The van der Waals surface area contributed by atoms with E-state index in [1.165, 1.54) is 0 Å². The van der Waals surface area contributed by atoms with Crippen molar-refractivity contribution in [2.45, 2.75) is 19.8 Å². The van der Waals surface area contributed by atoms with Gasteiger partial charge in [0.1, 0.15) is 5.69 Å². The maximum Gasteiger partial charge on any atom is 0.256 e. The molecule has 0 bridgehead atoms. The Labute approximate surface area is 151 Å². The van der Waals surface area contributed by atoms with Crippen molar-refractivity contribution in [2.75, 3.05) is 6.61 Å². The molecule has 0 unspecified atom stereocenters. The molecule has 0 saturated heterocycles. The molecule has 1 aromatic heterocycles. The van der Waals surface area contributed by atoms with Gasteiger partial charge in [0.05, 0.1) is 12.0 Å². The number of aromatic amines is 1. The predicted octanol–water partition coefficient (Wildman–Crippen LogP) is 4.39. The van der Waals surface area contributed by atoms with Crippen molar-refractivity contribution >= 4 is 28.0 Å². The fourth-order valence-electron chi connectivity index (χ4n) is 2.65. The first-order valence-corrected chi connectivity index (χ1v) is 8.64. The highest BCUT2D eigenvalue weighted by molar-refractivity contribution is 7.80. The van der Waals surface area contributed by atoms with Gasteiger partial charge in [0.25, 0.3) is 5.56 Å². The van der Waals surface area contributed by atoms with Gasteiger partial charge in [0.2, 0.25) is 5.05 Å². The average Bonchev–Trinajstić information content (AvgIpc) is 2.65. The minimum atomic E-state index is -0.304. The molecule has 5 heteroatoms. The summed E-state index contributed by atoms with van der Waals surface area (Å²) in [5.41, 5.74) is 1.77. The van der Waals surface area contributed by atoms with Crippen LogP contribution in [0.2, 0.25) is 0 Å². The SMILES string of the molecule is CCCCOC(=S)c1[nH]c(=O)c2cc(-c3ccccc3)ccc2c1O. The topological polar surface area (TPSA) is 62.3 Å². The molecule has 3 aromatic rings. The van der Waals surface area contributed by atoms with Crippen LogP contribution in [0.15, 0.2) is 53.3 Å². The van der Waals surface area contributed by atoms with Crippen LogP contribution in [0.4, 0.5) is 0 Å². The minimum absolute atomic E-state index is 0.0595. The highest BCUT2D eigenvalue weighted by Gasteiger charge is 2.16. The molecule has 2 aromatic carbocycles. The quantitative estimate of drug-likeness (QED) is 0.527. The number of hydrogen-bond donors (Lipinski definition) is 2. The van der Waals surface area contributed by atoms with Crippen LogP contribution in [-0.2, 0) is 4.74 Å². The molecule has 1 heterocycles. The lowest BCUT2D eigenvalue weighted by molar-refractivity contribution is 0.303. The molecule has 128 valence electrons. The standard InChI is InChI=1S/C20H19NO3S/c1-2-3-11-24-20(25)17-18(22)15-10-9-14(12-16(15)19(23)21-17)13-7-5-4-6-8-13/h4-10,12,22H,2-3,11H2,1H3,(H,21,23). The van der Waals surface area contributed by atoms with E-state index in [2.05, 4.69) is 4.98 Å². The summed E-state index contributed by atoms with van der Waals surface area (Å²) in [4.78, 5) is 15.1. The maximum absolute atomic E-state index is 12.5. The number of pyridine rings is 1. The number of H-pyrrole nitrogens is 1. The lowest BCUT2D eigenvalue weighted by Crippen LogP contribution is -2.15. The third kappa shape index (κ3) is 3.56. The van der Waals surface area contributed by atoms with E-state index in [9.17, 15) is 9.90 Å². The lowest BCUT2D eigenvalue weighted by atomic mass is 10.0. The highest BCUT2D eigenvalue weighted by atomic mass is 32.1. The van der Waals surface area contributed by atoms with Crippen LogP contribution in [0.25, 0.3) is 21.9 Å². The third-order valence-electron chi connectivity index (χ3n) is 4.04. The number of ether oxygens (including phenoxy) is 1. The molecule has 0 aliphatic rings. The Morgan fingerprint density at radius 3 is 2.60 bits per heavy atom. The number of thiocarbonyl (C=S) groups is 1. The van der Waals surface area contributed by atoms with Crippen molar-refractivity contribution in [2.24, 2.45) is 0 Å². The van der Waals surface area contributed by atoms with Crippen molar-refractivity contribution in [1.29, 1.82) is 0 Å². The number of nitrogens with one attached hydrogen (secondary N) is 1. The van der Waals surface area contributed by atoms with Crippen molar-refractivity contribution in [3.63, 3.8) is 0 Å². The Morgan fingerprint density at radius 1 is 1.12 bits per heavy atom. The van der Waals surface area contributed by atoms with Gasteiger partial charge in [-0.15, -0.1) is 0 Å². The van der Waals surface area contributed by atoms with E-state index in [-0.39, 0.29) is 22.1 Å². The molecular formula is C20H19NO3S. The second kappa shape index (κ2) is 7.49. The van der Waals surface area contributed by atoms with Crippen molar-refractivity contribution in [3.05, 3.63) is 64.6 Å². The fraction of sp³-hybridized carbons (Fsp3) is 0.200. The Morgan fingerprint density at radius 2 is 1.88 bits per heavy atom. The van der Waals surface area contributed by atoms with Gasteiger partial charge in [-0.3, -0.25) is 4.79 Å². The molecule has 3 rings (SSSR count). The number of aromatic hydroxyl groups is 1. The first kappa shape index (κ1) is 17.2. The van der Waals surface area contributed by atoms with Crippen LogP contribution in [0.5, 0.6) is 5.75 Å². The fourth-order valence-corrected chi connectivity index (χ4v) is 2.88. The van der Waals surface area contributed by atoms with Crippen LogP contribution in [0.3, 0.4) is 0 Å². The van der Waals surface area contributed by atoms with Crippen LogP contribution in [0.1, 0.15) is 25.5 Å². The molecule has 0 aliphatic carbocycles. The van der Waals surface area contributed by atoms with Gasteiger partial charge < -0.3 is 14.8 Å². The summed E-state index contributed by atoms with van der Waals surface area (Å²) in [6, 6.07) is 15.2. The van der Waals surface area contributed by atoms with Gasteiger partial charge in [-0.1, -0.05) is 49.7 Å². The smallest absolute Gasteiger partial charge is 0.256 e. The molecule has 0 fully saturated rings. The number of unbranched alkanes of at least 4 members (excludes halogenated alkanes) is 1. The van der Waals surface area contributed by atoms with Crippen LogP contribution in [-0.4, -0.2) is 21.7 Å². The maximum atomic E-state index is 12.5. The predicted molar refractivity (Wildman–Crippen MR) is 104 cm³/mol. The van der Waals surface area contributed by atoms with Crippen LogP contribution in [0, 0.1) is 0 Å². The summed E-state index contributed by atoms with van der Waals surface area (Å²) in [6.45, 7) is 2.51. The first-order valence-electron chi connectivity index (χ1n) is 8.23. The van der Waals surface area contributed by atoms with E-state index >= 15 is 0 Å². The number of rotatable bonds is 5. The normalized spacial score (nSPS) is 10.8. The summed E-state index contributed by atoms with van der Waals surface area (Å²) in [5.74, 6) is -0.0595. The monoisotopic (exact) mass is 353 g/mol. The molecular weight excluding hydrogens is 334 g/mol. The van der Waals surface area contributed by atoms with Gasteiger partial charge in [-0.2, -0.15) is 0 Å². The van der Waals surface area contributed by atoms with E-state index in [1.807, 2.05) is 43.3 Å². The molecule has 0 aliphatic heterocycles. The largest absolute Gasteiger partial charge is 0.505 e. The molecule has 0 amide bonds. The van der Waals surface area contributed by atoms with Crippen LogP contribution >= 0.6 is 12.2 Å². The van der Waals surface area contributed by atoms with E-state index in [0.29, 0.717) is 17.4 Å². The third-order valence-corrected chi connectivity index (χ3v) is 4.36. The second-order valence-electron chi connectivity index (χ2n) is 5.79. The van der Waals surface area contributed by atoms with E-state index < -0.39 is 0 Å². The molecule has 4 nitrogen and oxygen atoms in total. The average molecular weight is 353 g/mol. The Hall–Kier alpha value is -2.66. The number of benzene rings is 2. The lowest BCUT2D eigenvalue weighted by Gasteiger charge is -2.11. The summed E-state index contributed by atoms with van der Waals surface area (Å²) in [6.07, 6.45) is 1.84. The van der Waals surface area contributed by atoms with Gasteiger partial charge in [-0.05, 0) is 41.9 Å². The Balaban J connectivity index is 2.04. The van der Waals surface area contributed by atoms with E-state index in [1.54, 1.807) is 12.1 Å². The van der Waals surface area contributed by atoms with Gasteiger partial charge >= 0.3 is 0 Å². The van der Waals surface area contributed by atoms with E-state index in [4.69, 9.17) is 17.0 Å². The molecule has 0 atom stereocenters. The number of aromatic nitrogens is 1. The number of hydrogen-bond acceptors (Lipinski definition) is 4. The van der Waals surface area contributed by atoms with Crippen molar-refractivity contribution in [1.82, 2.24) is 4.98 Å². The highest BCUT2D eigenvalue weighted by Crippen LogP contribution is 2.29. The van der Waals surface area contributed by atoms with Gasteiger partial charge in [0, 0.05) is 5.39 Å². The zero-order chi connectivity index (χ0) is 17.8. The Bertz CT molecular complexity index is 964. The molecule has 0 spiro atoms. The van der Waals surface area contributed by atoms with Crippen molar-refractivity contribution in [3.8, 4) is 16.9 Å². The summed E-state index contributed by atoms with van der Waals surface area (Å²) >= 11 is 5.19. The minimum Gasteiger partial charge on any atom is -0.505 e. The zero-order valence-electron chi connectivity index (χ0n) is 13.9. The van der Waals surface area contributed by atoms with Crippen LogP contribution < -0.4 is 5.56 Å². The molecule has 2 N–H and O–H groups in total. The summed E-state index contributed by atoms with van der Waals surface area (Å²) in [7, 11) is 0. The number of fused-ring (bicyclic) bond motifs is 1.